The average molecular weight is 294 g/mol. The number of amides is 1. The zero-order chi connectivity index (χ0) is 15.4. The quantitative estimate of drug-likeness (QED) is 0.869. The molecular formula is C19H22N2O. The molecule has 2 aromatic rings. The van der Waals surface area contributed by atoms with E-state index in [4.69, 9.17) is 0 Å². The topological polar surface area (TPSA) is 23.6 Å². The molecule has 114 valence electrons. The van der Waals surface area contributed by atoms with Crippen molar-refractivity contribution in [2.24, 2.45) is 0 Å². The maximum Gasteiger partial charge on any atom is 0.253 e. The third-order valence-electron chi connectivity index (χ3n) is 4.34. The number of nitrogens with zero attached hydrogens (tertiary/aromatic N) is 2. The molecule has 0 N–H and O–H groups in total. The van der Waals surface area contributed by atoms with Crippen LogP contribution in [0.2, 0.25) is 0 Å². The Morgan fingerprint density at radius 2 is 1.55 bits per heavy atom. The van der Waals surface area contributed by atoms with E-state index in [2.05, 4.69) is 36.1 Å². The summed E-state index contributed by atoms with van der Waals surface area (Å²) in [6.45, 7) is 6.61. The molecule has 0 bridgehead atoms. The van der Waals surface area contributed by atoms with Gasteiger partial charge in [-0.1, -0.05) is 42.5 Å². The fraction of sp³-hybridized carbons (Fsp3) is 0.316. The number of hydrogen-bond donors (Lipinski definition) is 0. The van der Waals surface area contributed by atoms with Gasteiger partial charge < -0.3 is 4.90 Å². The maximum atomic E-state index is 12.4. The van der Waals surface area contributed by atoms with Crippen LogP contribution in [0.15, 0.2) is 54.6 Å². The van der Waals surface area contributed by atoms with Crippen molar-refractivity contribution in [3.63, 3.8) is 0 Å². The van der Waals surface area contributed by atoms with Gasteiger partial charge in [-0.3, -0.25) is 9.69 Å². The number of carbonyl (C=O) groups excluding carboxylic acids is 1. The minimum absolute atomic E-state index is 0.149. The lowest BCUT2D eigenvalue weighted by atomic mass is 10.1. The van der Waals surface area contributed by atoms with Gasteiger partial charge in [0.25, 0.3) is 5.91 Å². The molecule has 0 aliphatic carbocycles. The first-order chi connectivity index (χ1) is 10.7. The summed E-state index contributed by atoms with van der Waals surface area (Å²) >= 11 is 0. The van der Waals surface area contributed by atoms with Crippen LogP contribution in [0.5, 0.6) is 0 Å². The number of aryl methyl sites for hydroxylation is 1. The van der Waals surface area contributed by atoms with Gasteiger partial charge in [0.15, 0.2) is 0 Å². The number of hydrogen-bond acceptors (Lipinski definition) is 2. The molecule has 1 aliphatic rings. The summed E-state index contributed by atoms with van der Waals surface area (Å²) < 4.78 is 0. The Hall–Kier alpha value is -2.13. The standard InChI is InChI=1S/C19H22N2O/c1-16-7-5-6-10-18(16)15-20-11-13-21(14-12-20)19(22)17-8-3-2-4-9-17/h2-10H,11-15H2,1H3. The van der Waals surface area contributed by atoms with Crippen molar-refractivity contribution in [3.8, 4) is 0 Å². The summed E-state index contributed by atoms with van der Waals surface area (Å²) in [5, 5.41) is 0. The van der Waals surface area contributed by atoms with Gasteiger partial charge >= 0.3 is 0 Å². The van der Waals surface area contributed by atoms with Crippen LogP contribution in [0.3, 0.4) is 0 Å². The van der Waals surface area contributed by atoms with Crippen LogP contribution >= 0.6 is 0 Å². The van der Waals surface area contributed by atoms with Crippen molar-refractivity contribution in [1.82, 2.24) is 9.80 Å². The van der Waals surface area contributed by atoms with Crippen LogP contribution < -0.4 is 0 Å². The molecule has 3 rings (SSSR count). The van der Waals surface area contributed by atoms with E-state index in [1.165, 1.54) is 11.1 Å². The zero-order valence-corrected chi connectivity index (χ0v) is 13.0. The Bertz CT molecular complexity index is 631. The third kappa shape index (κ3) is 3.37. The first kappa shape index (κ1) is 14.8. The Balaban J connectivity index is 1.57. The molecular weight excluding hydrogens is 272 g/mol. The van der Waals surface area contributed by atoms with Crippen molar-refractivity contribution < 1.29 is 4.79 Å². The van der Waals surface area contributed by atoms with E-state index in [0.717, 1.165) is 38.3 Å². The molecule has 1 saturated heterocycles. The second kappa shape index (κ2) is 6.75. The van der Waals surface area contributed by atoms with Crippen molar-refractivity contribution in [2.45, 2.75) is 13.5 Å². The number of benzene rings is 2. The molecule has 22 heavy (non-hydrogen) atoms. The first-order valence-electron chi connectivity index (χ1n) is 7.85. The van der Waals surface area contributed by atoms with Crippen molar-refractivity contribution in [3.05, 3.63) is 71.3 Å². The van der Waals surface area contributed by atoms with Crippen molar-refractivity contribution in [2.75, 3.05) is 26.2 Å². The van der Waals surface area contributed by atoms with Crippen LogP contribution in [0.1, 0.15) is 21.5 Å². The number of carbonyl (C=O) groups is 1. The zero-order valence-electron chi connectivity index (χ0n) is 13.0. The highest BCUT2D eigenvalue weighted by atomic mass is 16.2. The average Bonchev–Trinajstić information content (AvgIpc) is 2.58. The van der Waals surface area contributed by atoms with E-state index in [1.807, 2.05) is 35.2 Å². The monoisotopic (exact) mass is 294 g/mol. The largest absolute Gasteiger partial charge is 0.336 e. The molecule has 0 unspecified atom stereocenters. The Kier molecular flexibility index (Phi) is 4.54. The Labute approximate surface area is 132 Å². The highest BCUT2D eigenvalue weighted by molar-refractivity contribution is 5.94. The molecule has 0 radical (unpaired) electrons. The van der Waals surface area contributed by atoms with E-state index >= 15 is 0 Å². The van der Waals surface area contributed by atoms with Crippen LogP contribution in [-0.2, 0) is 6.54 Å². The molecule has 2 aromatic carbocycles. The minimum Gasteiger partial charge on any atom is -0.336 e. The van der Waals surface area contributed by atoms with Gasteiger partial charge in [-0.05, 0) is 30.2 Å². The normalized spacial score (nSPS) is 15.8. The number of piperazine rings is 1. The Morgan fingerprint density at radius 1 is 0.909 bits per heavy atom. The summed E-state index contributed by atoms with van der Waals surface area (Å²) in [5.41, 5.74) is 3.51. The van der Waals surface area contributed by atoms with Crippen molar-refractivity contribution in [1.29, 1.82) is 0 Å². The van der Waals surface area contributed by atoms with Crippen LogP contribution in [0, 0.1) is 6.92 Å². The third-order valence-corrected chi connectivity index (χ3v) is 4.34. The number of rotatable bonds is 3. The van der Waals surface area contributed by atoms with Gasteiger partial charge in [-0.25, -0.2) is 0 Å². The lowest BCUT2D eigenvalue weighted by Crippen LogP contribution is -2.48. The fourth-order valence-electron chi connectivity index (χ4n) is 2.90. The van der Waals surface area contributed by atoms with E-state index in [-0.39, 0.29) is 5.91 Å². The predicted octanol–water partition coefficient (Wildman–Crippen LogP) is 2.95. The molecule has 1 fully saturated rings. The highest BCUT2D eigenvalue weighted by Crippen LogP contribution is 2.14. The van der Waals surface area contributed by atoms with Crippen LogP contribution in [0.25, 0.3) is 0 Å². The van der Waals surface area contributed by atoms with Gasteiger partial charge in [0.2, 0.25) is 0 Å². The van der Waals surface area contributed by atoms with E-state index < -0.39 is 0 Å². The predicted molar refractivity (Wildman–Crippen MR) is 88.8 cm³/mol. The molecule has 0 aromatic heterocycles. The second-order valence-corrected chi connectivity index (χ2v) is 5.86. The molecule has 1 heterocycles. The SMILES string of the molecule is Cc1ccccc1CN1CCN(C(=O)c2ccccc2)CC1. The first-order valence-corrected chi connectivity index (χ1v) is 7.85. The van der Waals surface area contributed by atoms with Gasteiger partial charge in [0.05, 0.1) is 0 Å². The Morgan fingerprint density at radius 3 is 2.23 bits per heavy atom. The molecule has 0 saturated carbocycles. The highest BCUT2D eigenvalue weighted by Gasteiger charge is 2.22. The molecule has 1 aliphatic heterocycles. The second-order valence-electron chi connectivity index (χ2n) is 5.86. The van der Waals surface area contributed by atoms with Gasteiger partial charge in [0, 0.05) is 38.3 Å². The van der Waals surface area contributed by atoms with Gasteiger partial charge in [-0.2, -0.15) is 0 Å². The summed E-state index contributed by atoms with van der Waals surface area (Å²) in [5.74, 6) is 0.149. The summed E-state index contributed by atoms with van der Waals surface area (Å²) in [7, 11) is 0. The summed E-state index contributed by atoms with van der Waals surface area (Å²) in [4.78, 5) is 16.8. The summed E-state index contributed by atoms with van der Waals surface area (Å²) in [6.07, 6.45) is 0. The molecule has 1 amide bonds. The molecule has 0 atom stereocenters. The summed E-state index contributed by atoms with van der Waals surface area (Å²) in [6, 6.07) is 18.1. The lowest BCUT2D eigenvalue weighted by molar-refractivity contribution is 0.0628. The van der Waals surface area contributed by atoms with Gasteiger partial charge in [-0.15, -0.1) is 0 Å². The van der Waals surface area contributed by atoms with E-state index in [9.17, 15) is 4.79 Å². The fourth-order valence-corrected chi connectivity index (χ4v) is 2.90. The molecule has 3 nitrogen and oxygen atoms in total. The molecule has 3 heteroatoms. The maximum absolute atomic E-state index is 12.4. The minimum atomic E-state index is 0.149. The van der Waals surface area contributed by atoms with Crippen LogP contribution in [0.4, 0.5) is 0 Å². The van der Waals surface area contributed by atoms with E-state index in [0.29, 0.717) is 0 Å². The lowest BCUT2D eigenvalue weighted by Gasteiger charge is -2.35. The smallest absolute Gasteiger partial charge is 0.253 e. The van der Waals surface area contributed by atoms with E-state index in [1.54, 1.807) is 0 Å². The van der Waals surface area contributed by atoms with Crippen LogP contribution in [-0.4, -0.2) is 41.9 Å². The molecule has 0 spiro atoms. The van der Waals surface area contributed by atoms with Crippen molar-refractivity contribution >= 4 is 5.91 Å². The van der Waals surface area contributed by atoms with Gasteiger partial charge in [0.1, 0.15) is 0 Å².